The van der Waals surface area contributed by atoms with Crippen LogP contribution in [0.15, 0.2) is 97.2 Å². The predicted molar refractivity (Wildman–Crippen MR) is 268 cm³/mol. The van der Waals surface area contributed by atoms with Crippen LogP contribution in [0.5, 0.6) is 0 Å². The fourth-order valence-electron chi connectivity index (χ4n) is 7.11. The topological polar surface area (TPSA) is 95.9 Å². The highest BCUT2D eigenvalue weighted by molar-refractivity contribution is 5.78. The minimum atomic E-state index is -0.826. The lowest BCUT2D eigenvalue weighted by Crippen LogP contribution is -2.46. The number of esters is 1. The molecule has 0 aromatic rings. The van der Waals surface area contributed by atoms with Crippen molar-refractivity contribution in [2.24, 2.45) is 0 Å². The largest absolute Gasteiger partial charge is 0.458 e. The molecule has 0 aromatic carbocycles. The molecule has 0 aromatic heterocycles. The number of amides is 1. The van der Waals surface area contributed by atoms with Gasteiger partial charge in [0.25, 0.3) is 0 Å². The smallest absolute Gasteiger partial charge is 0.306 e. The zero-order chi connectivity index (χ0) is 45.2. The van der Waals surface area contributed by atoms with Crippen LogP contribution >= 0.6 is 0 Å². The predicted octanol–water partition coefficient (Wildman–Crippen LogP) is 15.3. The molecule has 0 fully saturated rings. The average molecular weight is 862 g/mol. The van der Waals surface area contributed by atoms with Crippen LogP contribution in [-0.2, 0) is 14.3 Å². The highest BCUT2D eigenvalue weighted by Crippen LogP contribution is 2.15. The Morgan fingerprint density at radius 3 is 1.37 bits per heavy atom. The summed E-state index contributed by atoms with van der Waals surface area (Å²) in [6.07, 6.45) is 64.9. The Morgan fingerprint density at radius 2 is 0.903 bits per heavy atom. The van der Waals surface area contributed by atoms with Crippen molar-refractivity contribution in [3.8, 4) is 0 Å². The van der Waals surface area contributed by atoms with Crippen LogP contribution in [0.3, 0.4) is 0 Å². The monoisotopic (exact) mass is 862 g/mol. The molecule has 0 bridgehead atoms. The highest BCUT2D eigenvalue weighted by Gasteiger charge is 2.23. The van der Waals surface area contributed by atoms with Crippen LogP contribution in [-0.4, -0.2) is 46.9 Å². The van der Waals surface area contributed by atoms with Gasteiger partial charge in [0.05, 0.1) is 25.2 Å². The number of allylic oxidation sites excluding steroid dienone is 15. The molecule has 6 nitrogen and oxygen atoms in total. The standard InChI is InChI=1S/C56H95NO5/c1-4-7-10-13-16-19-22-25-27-28-31-34-37-40-43-46-49-56(61)62-52(47-44-41-38-35-32-30-26-23-20-17-14-11-8-5-2)50-55(60)57-53(51-58)54(59)48-45-42-39-36-33-29-24-21-18-15-12-9-6-3/h7-8,10-11,16-17,19-20,25-27,30,35,38,44,47,52-54,58-59H,4-6,9,12-15,18,21-24,28-29,31-34,36-37,39-43,45-46,48-51H2,1-3H3,(H,57,60)/b10-7+,11-8+,19-16+,20-17+,27-25+,30-26+,38-35+,47-44+. The molecule has 0 rings (SSSR count). The highest BCUT2D eigenvalue weighted by atomic mass is 16.5. The van der Waals surface area contributed by atoms with Gasteiger partial charge in [0.15, 0.2) is 0 Å². The number of rotatable bonds is 44. The summed E-state index contributed by atoms with van der Waals surface area (Å²) in [5, 5.41) is 23.7. The Bertz CT molecular complexity index is 1240. The number of unbranched alkanes of at least 4 members (excludes halogenated alkanes) is 18. The van der Waals surface area contributed by atoms with Gasteiger partial charge in [-0.25, -0.2) is 0 Å². The Balaban J connectivity index is 4.76. The molecule has 6 heteroatoms. The third kappa shape index (κ3) is 43.4. The zero-order valence-electron chi connectivity index (χ0n) is 40.2. The fourth-order valence-corrected chi connectivity index (χ4v) is 7.11. The molecule has 3 atom stereocenters. The van der Waals surface area contributed by atoms with Gasteiger partial charge in [0.2, 0.25) is 5.91 Å². The Hall–Kier alpha value is -3.22. The van der Waals surface area contributed by atoms with E-state index < -0.39 is 18.2 Å². The van der Waals surface area contributed by atoms with E-state index in [4.69, 9.17) is 4.74 Å². The molecule has 0 aliphatic rings. The second-order valence-corrected chi connectivity index (χ2v) is 16.8. The number of hydrogen-bond donors (Lipinski definition) is 3. The lowest BCUT2D eigenvalue weighted by atomic mass is 10.0. The number of aliphatic hydroxyl groups is 2. The van der Waals surface area contributed by atoms with Gasteiger partial charge in [-0.1, -0.05) is 221 Å². The molecule has 3 N–H and O–H groups in total. The van der Waals surface area contributed by atoms with Gasteiger partial charge in [0.1, 0.15) is 6.10 Å². The summed E-state index contributed by atoms with van der Waals surface area (Å²) in [6.45, 7) is 6.21. The van der Waals surface area contributed by atoms with E-state index in [2.05, 4.69) is 111 Å². The van der Waals surface area contributed by atoms with E-state index in [1.165, 1.54) is 77.0 Å². The van der Waals surface area contributed by atoms with Crippen molar-refractivity contribution < 1.29 is 24.5 Å². The molecule has 3 unspecified atom stereocenters. The minimum Gasteiger partial charge on any atom is -0.458 e. The van der Waals surface area contributed by atoms with Gasteiger partial charge in [-0.15, -0.1) is 0 Å². The molecule has 0 saturated carbocycles. The molecule has 0 aliphatic heterocycles. The molecule has 354 valence electrons. The van der Waals surface area contributed by atoms with Crippen molar-refractivity contribution in [2.75, 3.05) is 6.61 Å². The average Bonchev–Trinajstić information content (AvgIpc) is 3.26. The van der Waals surface area contributed by atoms with E-state index in [0.29, 0.717) is 19.3 Å². The summed E-state index contributed by atoms with van der Waals surface area (Å²) in [7, 11) is 0. The number of hydrogen-bond acceptors (Lipinski definition) is 5. The van der Waals surface area contributed by atoms with Gasteiger partial charge >= 0.3 is 5.97 Å². The molecular weight excluding hydrogens is 767 g/mol. The third-order valence-electron chi connectivity index (χ3n) is 10.9. The maximum atomic E-state index is 13.2. The molecule has 1 amide bonds. The van der Waals surface area contributed by atoms with Gasteiger partial charge < -0.3 is 20.3 Å². The van der Waals surface area contributed by atoms with Gasteiger partial charge in [-0.05, 0) is 83.1 Å². The maximum absolute atomic E-state index is 13.2. The summed E-state index contributed by atoms with van der Waals surface area (Å²) in [4.78, 5) is 26.1. The van der Waals surface area contributed by atoms with Crippen LogP contribution in [0.2, 0.25) is 0 Å². The van der Waals surface area contributed by atoms with Crippen LogP contribution < -0.4 is 5.32 Å². The molecule has 62 heavy (non-hydrogen) atoms. The fraction of sp³-hybridized carbons (Fsp3) is 0.679. The van der Waals surface area contributed by atoms with Crippen molar-refractivity contribution in [2.45, 2.75) is 238 Å². The number of carbonyl (C=O) groups excluding carboxylic acids is 2. The van der Waals surface area contributed by atoms with Crippen LogP contribution in [0, 0.1) is 0 Å². The van der Waals surface area contributed by atoms with Crippen LogP contribution in [0.1, 0.15) is 220 Å². The van der Waals surface area contributed by atoms with E-state index in [9.17, 15) is 19.8 Å². The van der Waals surface area contributed by atoms with Gasteiger partial charge in [-0.3, -0.25) is 9.59 Å². The molecule has 0 heterocycles. The van der Waals surface area contributed by atoms with Crippen molar-refractivity contribution in [3.63, 3.8) is 0 Å². The molecule has 0 saturated heterocycles. The Kier molecular flexibility index (Phi) is 46.3. The quantitative estimate of drug-likeness (QED) is 0.0322. The number of nitrogens with one attached hydrogen (secondary N) is 1. The van der Waals surface area contributed by atoms with Crippen LogP contribution in [0.25, 0.3) is 0 Å². The normalized spacial score (nSPS) is 14.1. The number of ether oxygens (including phenoxy) is 1. The van der Waals surface area contributed by atoms with Crippen molar-refractivity contribution in [1.82, 2.24) is 5.32 Å². The summed E-state index contributed by atoms with van der Waals surface area (Å²) >= 11 is 0. The summed E-state index contributed by atoms with van der Waals surface area (Å²) in [5.74, 6) is -0.650. The van der Waals surface area contributed by atoms with Crippen molar-refractivity contribution >= 4 is 11.9 Å². The first-order valence-electron chi connectivity index (χ1n) is 25.5. The zero-order valence-corrected chi connectivity index (χ0v) is 40.2. The van der Waals surface area contributed by atoms with Crippen molar-refractivity contribution in [3.05, 3.63) is 97.2 Å². The first-order chi connectivity index (χ1) is 30.5. The third-order valence-corrected chi connectivity index (χ3v) is 10.9. The molecular formula is C56H95NO5. The van der Waals surface area contributed by atoms with E-state index in [0.717, 1.165) is 96.3 Å². The maximum Gasteiger partial charge on any atom is 0.306 e. The van der Waals surface area contributed by atoms with E-state index in [1.807, 2.05) is 6.08 Å². The first-order valence-corrected chi connectivity index (χ1v) is 25.5. The summed E-state index contributed by atoms with van der Waals surface area (Å²) in [6, 6.07) is -0.749. The number of carbonyl (C=O) groups is 2. The van der Waals surface area contributed by atoms with E-state index in [1.54, 1.807) is 6.08 Å². The lowest BCUT2D eigenvalue weighted by molar-refractivity contribution is -0.148. The van der Waals surface area contributed by atoms with Crippen LogP contribution in [0.4, 0.5) is 0 Å². The Morgan fingerprint density at radius 1 is 0.500 bits per heavy atom. The number of aliphatic hydroxyl groups excluding tert-OH is 2. The van der Waals surface area contributed by atoms with Crippen molar-refractivity contribution in [1.29, 1.82) is 0 Å². The van der Waals surface area contributed by atoms with Gasteiger partial charge in [0, 0.05) is 6.42 Å². The second kappa shape index (κ2) is 48.8. The summed E-state index contributed by atoms with van der Waals surface area (Å²) < 4.78 is 5.81. The minimum absolute atomic E-state index is 0.0561. The van der Waals surface area contributed by atoms with Gasteiger partial charge in [-0.2, -0.15) is 0 Å². The SMILES string of the molecule is CC/C=C/C/C=C/C/C=C/C/C=C/C/C=C/C(CC(=O)NC(CO)C(O)CCCCCCCCCCCCCCC)OC(=O)CCCCCCCC/C=C/C/C=C/C/C=C/CC. The Labute approximate surface area is 382 Å². The summed E-state index contributed by atoms with van der Waals surface area (Å²) in [5.41, 5.74) is 0. The molecule has 0 radical (unpaired) electrons. The van der Waals surface area contributed by atoms with E-state index in [-0.39, 0.29) is 24.9 Å². The molecule has 0 spiro atoms. The first kappa shape index (κ1) is 58.8. The lowest BCUT2D eigenvalue weighted by Gasteiger charge is -2.23. The molecule has 0 aliphatic carbocycles. The second-order valence-electron chi connectivity index (χ2n) is 16.8. The van der Waals surface area contributed by atoms with E-state index >= 15 is 0 Å².